The summed E-state index contributed by atoms with van der Waals surface area (Å²) in [6, 6.07) is 11.5. The Kier molecular flexibility index (Phi) is 6.66. The lowest BCUT2D eigenvalue weighted by atomic mass is 9.72. The number of anilines is 1. The molecule has 2 aromatic heterocycles. The Bertz CT molecular complexity index is 1850. The third-order valence-corrected chi connectivity index (χ3v) is 8.55. The Balaban J connectivity index is 1.45. The van der Waals surface area contributed by atoms with Crippen LogP contribution in [0.15, 0.2) is 57.6 Å². The molecule has 4 bridgehead atoms. The summed E-state index contributed by atoms with van der Waals surface area (Å²) in [5, 5.41) is 19.5. The average Bonchev–Trinajstić information content (AvgIpc) is 3.80. The van der Waals surface area contributed by atoms with Gasteiger partial charge in [-0.1, -0.05) is 44.2 Å². The van der Waals surface area contributed by atoms with Gasteiger partial charge in [0, 0.05) is 17.7 Å². The van der Waals surface area contributed by atoms with Gasteiger partial charge in [-0.15, -0.1) is 0 Å². The molecule has 4 N–H and O–H groups in total. The first-order valence-electron chi connectivity index (χ1n) is 14.6. The van der Waals surface area contributed by atoms with E-state index in [1.807, 2.05) is 42.5 Å². The van der Waals surface area contributed by atoms with Gasteiger partial charge in [-0.05, 0) is 36.1 Å². The molecular formula is C32H31N5O8. The SMILES string of the molecule is COC(=O)c1coc(-c2nc3oc2[C@@]24c5ccccc5NC2Oc2ccc(cc24)C[C@H](NC(=O)[C@@H](O)C(C)C)C(=O)NC3C)n1. The van der Waals surface area contributed by atoms with Crippen molar-refractivity contribution in [2.24, 2.45) is 5.92 Å². The zero-order valence-corrected chi connectivity index (χ0v) is 24.9. The summed E-state index contributed by atoms with van der Waals surface area (Å²) in [5.41, 5.74) is 2.24. The minimum absolute atomic E-state index is 0.0173. The van der Waals surface area contributed by atoms with Crippen LogP contribution in [0, 0.1) is 5.92 Å². The average molecular weight is 614 g/mol. The molecule has 13 heteroatoms. The Morgan fingerprint density at radius 2 is 1.93 bits per heavy atom. The van der Waals surface area contributed by atoms with E-state index in [4.69, 9.17) is 23.3 Å². The van der Waals surface area contributed by atoms with Crippen molar-refractivity contribution >= 4 is 23.5 Å². The topological polar surface area (TPSA) is 178 Å². The number of aliphatic hydroxyl groups is 1. The number of oxazole rings is 2. The minimum Gasteiger partial charge on any atom is -0.469 e. The molecule has 0 aliphatic carbocycles. The van der Waals surface area contributed by atoms with E-state index in [1.165, 1.54) is 13.4 Å². The van der Waals surface area contributed by atoms with Crippen molar-refractivity contribution in [3.05, 3.63) is 82.8 Å². The van der Waals surface area contributed by atoms with E-state index in [1.54, 1.807) is 20.8 Å². The normalized spacial score (nSPS) is 23.4. The van der Waals surface area contributed by atoms with Crippen LogP contribution in [-0.2, 0) is 26.2 Å². The van der Waals surface area contributed by atoms with Gasteiger partial charge in [-0.3, -0.25) is 9.59 Å². The summed E-state index contributed by atoms with van der Waals surface area (Å²) >= 11 is 0. The molecule has 5 atom stereocenters. The number of ether oxygens (including phenoxy) is 2. The smallest absolute Gasteiger partial charge is 0.360 e. The molecule has 3 aliphatic heterocycles. The molecule has 232 valence electrons. The monoisotopic (exact) mass is 613 g/mol. The number of aliphatic hydroxyl groups excluding tert-OH is 1. The Labute approximate surface area is 257 Å². The second kappa shape index (κ2) is 10.5. The Morgan fingerprint density at radius 1 is 1.13 bits per heavy atom. The van der Waals surface area contributed by atoms with Gasteiger partial charge in [0.15, 0.2) is 23.4 Å². The highest BCUT2D eigenvalue weighted by Crippen LogP contribution is 2.59. The van der Waals surface area contributed by atoms with E-state index in [2.05, 4.69) is 20.9 Å². The van der Waals surface area contributed by atoms with E-state index < -0.39 is 47.6 Å². The van der Waals surface area contributed by atoms with Crippen molar-refractivity contribution in [3.63, 3.8) is 0 Å². The number of nitrogens with zero attached hydrogens (tertiary/aromatic N) is 2. The van der Waals surface area contributed by atoms with Crippen LogP contribution in [0.1, 0.15) is 65.6 Å². The predicted octanol–water partition coefficient (Wildman–Crippen LogP) is 2.83. The second-order valence-corrected chi connectivity index (χ2v) is 11.8. The van der Waals surface area contributed by atoms with Gasteiger partial charge in [0.25, 0.3) is 0 Å². The molecule has 45 heavy (non-hydrogen) atoms. The fourth-order valence-corrected chi connectivity index (χ4v) is 6.25. The van der Waals surface area contributed by atoms with Crippen LogP contribution in [-0.4, -0.2) is 58.3 Å². The van der Waals surface area contributed by atoms with Crippen molar-refractivity contribution in [2.45, 2.75) is 57.0 Å². The second-order valence-electron chi connectivity index (χ2n) is 11.8. The highest BCUT2D eigenvalue weighted by molar-refractivity contribution is 5.90. The number of esters is 1. The van der Waals surface area contributed by atoms with Crippen molar-refractivity contribution < 1.29 is 37.8 Å². The maximum absolute atomic E-state index is 13.6. The van der Waals surface area contributed by atoms with Crippen molar-refractivity contribution in [3.8, 4) is 17.3 Å². The number of carbonyl (C=O) groups is 3. The lowest BCUT2D eigenvalue weighted by Crippen LogP contribution is -2.52. The first kappa shape index (κ1) is 28.6. The molecule has 7 rings (SSSR count). The fraction of sp³-hybridized carbons (Fsp3) is 0.344. The van der Waals surface area contributed by atoms with Gasteiger partial charge in [0.05, 0.1) is 7.11 Å². The lowest BCUT2D eigenvalue weighted by Gasteiger charge is -2.28. The van der Waals surface area contributed by atoms with Crippen LogP contribution in [0.25, 0.3) is 11.6 Å². The van der Waals surface area contributed by atoms with Gasteiger partial charge in [-0.2, -0.15) is 0 Å². The fourth-order valence-electron chi connectivity index (χ4n) is 6.25. The van der Waals surface area contributed by atoms with Crippen LogP contribution < -0.4 is 20.7 Å². The minimum atomic E-state index is -1.29. The summed E-state index contributed by atoms with van der Waals surface area (Å²) in [6.45, 7) is 5.14. The maximum Gasteiger partial charge on any atom is 0.360 e. The van der Waals surface area contributed by atoms with Gasteiger partial charge >= 0.3 is 5.97 Å². The predicted molar refractivity (Wildman–Crippen MR) is 157 cm³/mol. The molecule has 0 fully saturated rings. The van der Waals surface area contributed by atoms with E-state index in [9.17, 15) is 19.5 Å². The molecule has 1 spiro atoms. The number of amides is 2. The number of carbonyl (C=O) groups excluding carboxylic acids is 3. The molecular weight excluding hydrogens is 582 g/mol. The number of nitrogens with one attached hydrogen (secondary N) is 3. The maximum atomic E-state index is 13.6. The number of fused-ring (bicyclic) bond motifs is 4. The third-order valence-electron chi connectivity index (χ3n) is 8.55. The van der Waals surface area contributed by atoms with Crippen LogP contribution >= 0.6 is 0 Å². The van der Waals surface area contributed by atoms with E-state index >= 15 is 0 Å². The number of rotatable bonds is 5. The molecule has 3 aliphatic rings. The van der Waals surface area contributed by atoms with Crippen molar-refractivity contribution in [1.29, 1.82) is 0 Å². The summed E-state index contributed by atoms with van der Waals surface area (Å²) in [7, 11) is 1.25. The highest BCUT2D eigenvalue weighted by atomic mass is 16.5. The molecule has 2 amide bonds. The van der Waals surface area contributed by atoms with E-state index in [0.29, 0.717) is 11.5 Å². The van der Waals surface area contributed by atoms with Crippen LogP contribution in [0.4, 0.5) is 5.69 Å². The number of para-hydroxylation sites is 1. The summed E-state index contributed by atoms with van der Waals surface area (Å²) < 4.78 is 23.7. The molecule has 13 nitrogen and oxygen atoms in total. The highest BCUT2D eigenvalue weighted by Gasteiger charge is 2.61. The van der Waals surface area contributed by atoms with E-state index in [0.717, 1.165) is 22.4 Å². The van der Waals surface area contributed by atoms with Crippen molar-refractivity contribution in [2.75, 3.05) is 12.4 Å². The molecule has 0 saturated carbocycles. The number of hydrogen-bond acceptors (Lipinski definition) is 11. The van der Waals surface area contributed by atoms with Gasteiger partial charge in [0.2, 0.25) is 23.6 Å². The molecule has 5 heterocycles. The van der Waals surface area contributed by atoms with Crippen LogP contribution in [0.3, 0.4) is 0 Å². The molecule has 0 saturated heterocycles. The number of methoxy groups -OCH3 is 1. The molecule has 2 unspecified atom stereocenters. The first-order valence-corrected chi connectivity index (χ1v) is 14.6. The third kappa shape index (κ3) is 4.37. The quantitative estimate of drug-likeness (QED) is 0.243. The van der Waals surface area contributed by atoms with Crippen molar-refractivity contribution in [1.82, 2.24) is 20.6 Å². The van der Waals surface area contributed by atoms with Gasteiger partial charge < -0.3 is 39.4 Å². The van der Waals surface area contributed by atoms with E-state index in [-0.39, 0.29) is 35.5 Å². The Morgan fingerprint density at radius 3 is 2.71 bits per heavy atom. The largest absolute Gasteiger partial charge is 0.469 e. The molecule has 0 radical (unpaired) electrons. The van der Waals surface area contributed by atoms with Gasteiger partial charge in [-0.25, -0.2) is 14.8 Å². The van der Waals surface area contributed by atoms with Crippen LogP contribution in [0.5, 0.6) is 5.75 Å². The summed E-state index contributed by atoms with van der Waals surface area (Å²) in [6.07, 6.45) is -0.619. The zero-order valence-electron chi connectivity index (χ0n) is 24.9. The number of benzene rings is 2. The lowest BCUT2D eigenvalue weighted by molar-refractivity contribution is -0.135. The summed E-state index contributed by atoms with van der Waals surface area (Å²) in [5.74, 6) is -1.07. The summed E-state index contributed by atoms with van der Waals surface area (Å²) in [4.78, 5) is 47.9. The standard InChI is InChI=1S/C32H31N5O8/c1-14(2)24(38)27(40)34-20-12-16-9-10-22-18(11-16)32(17-7-5-6-8-19(17)36-31(32)44-22)25-23(29-35-21(13-43-29)30(41)42-4)37-28(45-25)15(3)33-26(20)39/h5-11,13-15,20,24,31,36,38H,12H2,1-4H3,(H,33,39)(H,34,40)/t15?,20-,24-,31?,32-/m0/s1. The zero-order chi connectivity index (χ0) is 31.6. The number of aromatic nitrogens is 2. The first-order chi connectivity index (χ1) is 21.6. The molecule has 4 aromatic rings. The Hall–Kier alpha value is -5.17. The van der Waals surface area contributed by atoms with Crippen LogP contribution in [0.2, 0.25) is 0 Å². The number of hydrogen-bond donors (Lipinski definition) is 4. The van der Waals surface area contributed by atoms with Gasteiger partial charge in [0.1, 0.15) is 35.6 Å². The molecule has 2 aromatic carbocycles.